The molecule has 18 heavy (non-hydrogen) atoms. The molecular weight excluding hydrogens is 230 g/mol. The zero-order chi connectivity index (χ0) is 13.2. The maximum Gasteiger partial charge on any atom is 0.325 e. The molecule has 1 heterocycles. The Morgan fingerprint density at radius 2 is 2.00 bits per heavy atom. The van der Waals surface area contributed by atoms with Crippen LogP contribution in [0.3, 0.4) is 0 Å². The molecule has 0 spiro atoms. The summed E-state index contributed by atoms with van der Waals surface area (Å²) in [5.41, 5.74) is -0.295. The van der Waals surface area contributed by atoms with Gasteiger partial charge < -0.3 is 5.32 Å². The van der Waals surface area contributed by atoms with Gasteiger partial charge in [-0.2, -0.15) is 5.26 Å². The van der Waals surface area contributed by atoms with Crippen LogP contribution in [0, 0.1) is 11.3 Å². The highest BCUT2D eigenvalue weighted by atomic mass is 16.2. The molecule has 0 radical (unpaired) electrons. The average Bonchev–Trinajstić information content (AvgIpc) is 2.60. The van der Waals surface area contributed by atoms with Crippen LogP contribution in [0.5, 0.6) is 0 Å². The van der Waals surface area contributed by atoms with Crippen LogP contribution in [0.2, 0.25) is 0 Å². The second kappa shape index (κ2) is 4.49. The van der Waals surface area contributed by atoms with E-state index >= 15 is 0 Å². The minimum absolute atomic E-state index is 0.129. The Morgan fingerprint density at radius 1 is 1.33 bits per heavy atom. The van der Waals surface area contributed by atoms with Crippen LogP contribution in [0.4, 0.5) is 4.79 Å². The number of urea groups is 1. The molecule has 92 valence electrons. The lowest BCUT2D eigenvalue weighted by atomic mass is 9.92. The van der Waals surface area contributed by atoms with E-state index in [1.54, 1.807) is 19.1 Å². The van der Waals surface area contributed by atoms with Crippen molar-refractivity contribution in [3.8, 4) is 6.07 Å². The first-order valence-corrected chi connectivity index (χ1v) is 5.66. The van der Waals surface area contributed by atoms with Crippen molar-refractivity contribution in [2.24, 2.45) is 0 Å². The number of rotatable bonds is 3. The number of nitrogens with zero attached hydrogens (tertiary/aromatic N) is 2. The maximum absolute atomic E-state index is 12.3. The standard InChI is InChI=1S/C13H13N3O2/c1-13(10-6-3-2-4-7-10)11(17)16(9-5-8-14)12(18)15-13/h2-4,6-7H,5,9H2,1H3,(H,15,18)/t13-/m1/s1. The van der Waals surface area contributed by atoms with Gasteiger partial charge in [-0.3, -0.25) is 9.69 Å². The molecule has 1 saturated heterocycles. The topological polar surface area (TPSA) is 73.2 Å². The molecule has 0 bridgehead atoms. The number of imide groups is 1. The van der Waals surface area contributed by atoms with Gasteiger partial charge in [0, 0.05) is 6.54 Å². The third-order valence-electron chi connectivity index (χ3n) is 3.07. The highest BCUT2D eigenvalue weighted by molar-refractivity contribution is 6.07. The highest BCUT2D eigenvalue weighted by Gasteiger charge is 2.48. The molecule has 3 amide bonds. The Morgan fingerprint density at radius 3 is 2.61 bits per heavy atom. The Kier molecular flexibility index (Phi) is 3.02. The summed E-state index contributed by atoms with van der Waals surface area (Å²) >= 11 is 0. The molecule has 5 heteroatoms. The predicted octanol–water partition coefficient (Wildman–Crippen LogP) is 1.37. The van der Waals surface area contributed by atoms with E-state index in [0.717, 1.165) is 10.5 Å². The molecular formula is C13H13N3O2. The van der Waals surface area contributed by atoms with Crippen molar-refractivity contribution < 1.29 is 9.59 Å². The van der Waals surface area contributed by atoms with Crippen LogP contribution in [0.25, 0.3) is 0 Å². The summed E-state index contributed by atoms with van der Waals surface area (Å²) in [4.78, 5) is 25.1. The number of carbonyl (C=O) groups excluding carboxylic acids is 2. The van der Waals surface area contributed by atoms with Gasteiger partial charge in [0.2, 0.25) is 0 Å². The fourth-order valence-corrected chi connectivity index (χ4v) is 2.03. The van der Waals surface area contributed by atoms with Crippen LogP contribution in [0.1, 0.15) is 18.9 Å². The van der Waals surface area contributed by atoms with Gasteiger partial charge in [0.15, 0.2) is 0 Å². The number of hydrogen-bond acceptors (Lipinski definition) is 3. The fraction of sp³-hybridized carbons (Fsp3) is 0.308. The first-order chi connectivity index (χ1) is 8.59. The lowest BCUT2D eigenvalue weighted by Crippen LogP contribution is -2.40. The minimum Gasteiger partial charge on any atom is -0.319 e. The summed E-state index contributed by atoms with van der Waals surface area (Å²) in [6.45, 7) is 1.80. The van der Waals surface area contributed by atoms with Crippen molar-refractivity contribution >= 4 is 11.9 Å². The zero-order valence-corrected chi connectivity index (χ0v) is 10.0. The van der Waals surface area contributed by atoms with Crippen molar-refractivity contribution in [1.29, 1.82) is 5.26 Å². The van der Waals surface area contributed by atoms with Gasteiger partial charge in [0.25, 0.3) is 5.91 Å². The minimum atomic E-state index is -1.03. The van der Waals surface area contributed by atoms with Gasteiger partial charge in [-0.25, -0.2) is 4.79 Å². The second-order valence-electron chi connectivity index (χ2n) is 4.29. The number of carbonyl (C=O) groups is 2. The van der Waals surface area contributed by atoms with Crippen molar-refractivity contribution in [1.82, 2.24) is 10.2 Å². The van der Waals surface area contributed by atoms with Gasteiger partial charge in [-0.05, 0) is 12.5 Å². The zero-order valence-electron chi connectivity index (χ0n) is 10.0. The van der Waals surface area contributed by atoms with Crippen molar-refractivity contribution in [2.45, 2.75) is 18.9 Å². The van der Waals surface area contributed by atoms with Crippen LogP contribution in [0.15, 0.2) is 30.3 Å². The fourth-order valence-electron chi connectivity index (χ4n) is 2.03. The molecule has 1 aromatic rings. The summed E-state index contributed by atoms with van der Waals surface area (Å²) in [7, 11) is 0. The van der Waals surface area contributed by atoms with Gasteiger partial charge in [0.05, 0.1) is 12.5 Å². The van der Waals surface area contributed by atoms with E-state index < -0.39 is 11.6 Å². The van der Waals surface area contributed by atoms with E-state index in [9.17, 15) is 9.59 Å². The lowest BCUT2D eigenvalue weighted by Gasteiger charge is -2.21. The van der Waals surface area contributed by atoms with E-state index in [-0.39, 0.29) is 18.9 Å². The average molecular weight is 243 g/mol. The summed E-state index contributed by atoms with van der Waals surface area (Å²) < 4.78 is 0. The molecule has 0 unspecified atom stereocenters. The van der Waals surface area contributed by atoms with Crippen LogP contribution < -0.4 is 5.32 Å². The highest BCUT2D eigenvalue weighted by Crippen LogP contribution is 2.28. The number of benzene rings is 1. The van der Waals surface area contributed by atoms with E-state index in [0.29, 0.717) is 0 Å². The SMILES string of the molecule is C[C@]1(c2ccccc2)NC(=O)N(CCC#N)C1=O. The molecule has 1 atom stereocenters. The van der Waals surface area contributed by atoms with Crippen LogP contribution in [-0.4, -0.2) is 23.4 Å². The molecule has 1 aliphatic rings. The smallest absolute Gasteiger partial charge is 0.319 e. The molecule has 1 fully saturated rings. The normalized spacial score (nSPS) is 22.8. The van der Waals surface area contributed by atoms with E-state index in [4.69, 9.17) is 5.26 Å². The first kappa shape index (κ1) is 12.1. The third-order valence-corrected chi connectivity index (χ3v) is 3.07. The Hall–Kier alpha value is -2.35. The maximum atomic E-state index is 12.3. The van der Waals surface area contributed by atoms with Crippen molar-refractivity contribution in [2.75, 3.05) is 6.54 Å². The molecule has 0 aliphatic carbocycles. The summed E-state index contributed by atoms with van der Waals surface area (Å²) in [5.74, 6) is -0.311. The molecule has 0 saturated carbocycles. The second-order valence-corrected chi connectivity index (χ2v) is 4.29. The number of nitrogens with one attached hydrogen (secondary N) is 1. The van der Waals surface area contributed by atoms with Crippen molar-refractivity contribution in [3.05, 3.63) is 35.9 Å². The number of nitriles is 1. The number of amides is 3. The first-order valence-electron chi connectivity index (χ1n) is 5.66. The quantitative estimate of drug-likeness (QED) is 0.815. The molecule has 2 rings (SSSR count). The lowest BCUT2D eigenvalue weighted by molar-refractivity contribution is -0.131. The van der Waals surface area contributed by atoms with E-state index in [1.165, 1.54) is 0 Å². The van der Waals surface area contributed by atoms with Gasteiger partial charge in [0.1, 0.15) is 5.54 Å². The largest absolute Gasteiger partial charge is 0.325 e. The Balaban J connectivity index is 2.30. The third kappa shape index (κ3) is 1.82. The van der Waals surface area contributed by atoms with Gasteiger partial charge >= 0.3 is 6.03 Å². The molecule has 1 aromatic carbocycles. The Labute approximate surface area is 105 Å². The van der Waals surface area contributed by atoms with Crippen molar-refractivity contribution in [3.63, 3.8) is 0 Å². The van der Waals surface area contributed by atoms with Crippen LogP contribution >= 0.6 is 0 Å². The van der Waals surface area contributed by atoms with Gasteiger partial charge in [-0.15, -0.1) is 0 Å². The molecule has 1 N–H and O–H groups in total. The van der Waals surface area contributed by atoms with Gasteiger partial charge in [-0.1, -0.05) is 30.3 Å². The van der Waals surface area contributed by atoms with E-state index in [2.05, 4.69) is 5.32 Å². The Bertz CT molecular complexity index is 521. The van der Waals surface area contributed by atoms with Crippen LogP contribution in [-0.2, 0) is 10.3 Å². The molecule has 1 aliphatic heterocycles. The molecule has 5 nitrogen and oxygen atoms in total. The summed E-state index contributed by atoms with van der Waals surface area (Å²) in [6, 6.07) is 10.6. The monoisotopic (exact) mass is 243 g/mol. The summed E-state index contributed by atoms with van der Waals surface area (Å²) in [6.07, 6.45) is 0.143. The summed E-state index contributed by atoms with van der Waals surface area (Å²) in [5, 5.41) is 11.2. The predicted molar refractivity (Wildman–Crippen MR) is 64.3 cm³/mol. The number of hydrogen-bond donors (Lipinski definition) is 1. The van der Waals surface area contributed by atoms with E-state index in [1.807, 2.05) is 24.3 Å². The molecule has 0 aromatic heterocycles.